The summed E-state index contributed by atoms with van der Waals surface area (Å²) in [5, 5.41) is 7.08. The fraction of sp³-hybridized carbons (Fsp3) is 0.750. The van der Waals surface area contributed by atoms with Gasteiger partial charge in [0.05, 0.1) is 6.04 Å². The van der Waals surface area contributed by atoms with Crippen LogP contribution >= 0.6 is 11.6 Å². The van der Waals surface area contributed by atoms with Gasteiger partial charge >= 0.3 is 0 Å². The van der Waals surface area contributed by atoms with Gasteiger partial charge in [-0.2, -0.15) is 0 Å². The molecule has 1 aromatic rings. The van der Waals surface area contributed by atoms with E-state index in [0.717, 1.165) is 25.5 Å². The molecule has 0 amide bonds. The fourth-order valence-corrected chi connectivity index (χ4v) is 2.41. The maximum Gasteiger partial charge on any atom is 0.242 e. The van der Waals surface area contributed by atoms with Gasteiger partial charge in [-0.15, -0.1) is 5.10 Å². The third kappa shape index (κ3) is 1.32. The molecule has 1 atom stereocenters. The number of nitrogens with zero attached hydrogens (tertiary/aromatic N) is 4. The van der Waals surface area contributed by atoms with Gasteiger partial charge in [0.25, 0.3) is 0 Å². The van der Waals surface area contributed by atoms with Crippen molar-refractivity contribution in [2.24, 2.45) is 0 Å². The lowest BCUT2D eigenvalue weighted by Crippen LogP contribution is -2.57. The zero-order valence-electron chi connectivity index (χ0n) is 7.78. The van der Waals surface area contributed by atoms with Crippen molar-refractivity contribution in [1.82, 2.24) is 25.0 Å². The predicted molar refractivity (Wildman–Crippen MR) is 52.1 cm³/mol. The van der Waals surface area contributed by atoms with Crippen molar-refractivity contribution < 1.29 is 0 Å². The van der Waals surface area contributed by atoms with E-state index < -0.39 is 0 Å². The summed E-state index contributed by atoms with van der Waals surface area (Å²) in [6, 6.07) is 0.359. The van der Waals surface area contributed by atoms with Crippen LogP contribution in [0.5, 0.6) is 0 Å². The molecule has 0 spiro atoms. The van der Waals surface area contributed by atoms with E-state index in [1.54, 1.807) is 0 Å². The number of nitrogens with one attached hydrogen (secondary N) is 1. The number of aromatic amines is 1. The smallest absolute Gasteiger partial charge is 0.242 e. The maximum absolute atomic E-state index is 5.70. The highest BCUT2D eigenvalue weighted by Crippen LogP contribution is 2.26. The molecule has 4 rings (SSSR count). The molecule has 0 saturated carbocycles. The lowest BCUT2D eigenvalue weighted by Gasteiger charge is -2.46. The second kappa shape index (κ2) is 3.18. The van der Waals surface area contributed by atoms with Gasteiger partial charge in [-0.25, -0.2) is 4.98 Å². The number of aromatic nitrogens is 3. The molecular formula is C8H12ClN5. The minimum Gasteiger partial charge on any atom is -0.299 e. The van der Waals surface area contributed by atoms with Gasteiger partial charge < -0.3 is 0 Å². The lowest BCUT2D eigenvalue weighted by atomic mass is 10.1. The van der Waals surface area contributed by atoms with E-state index in [-0.39, 0.29) is 0 Å². The highest BCUT2D eigenvalue weighted by molar-refractivity contribution is 6.28. The van der Waals surface area contributed by atoms with Crippen molar-refractivity contribution in [1.29, 1.82) is 0 Å². The van der Waals surface area contributed by atoms with E-state index in [1.165, 1.54) is 13.1 Å². The lowest BCUT2D eigenvalue weighted by molar-refractivity contribution is 0.00880. The Kier molecular flexibility index (Phi) is 1.97. The predicted octanol–water partition coefficient (Wildman–Crippen LogP) is 0.130. The normalized spacial score (nSPS) is 36.2. The average Bonchev–Trinajstić information content (AvgIpc) is 2.66. The molecule has 5 nitrogen and oxygen atoms in total. The van der Waals surface area contributed by atoms with Gasteiger partial charge in [0.2, 0.25) is 5.28 Å². The second-order valence-electron chi connectivity index (χ2n) is 3.84. The summed E-state index contributed by atoms with van der Waals surface area (Å²) in [5.74, 6) is 0.902. The SMILES string of the molecule is Clc1n[nH]c(C2CN3CCN2CC3)n1. The molecule has 0 radical (unpaired) electrons. The Morgan fingerprint density at radius 3 is 2.57 bits per heavy atom. The molecule has 1 unspecified atom stereocenters. The first kappa shape index (κ1) is 8.64. The molecule has 4 heterocycles. The number of hydrogen-bond donors (Lipinski definition) is 1. The molecule has 3 aliphatic rings. The van der Waals surface area contributed by atoms with Gasteiger partial charge in [-0.05, 0) is 11.6 Å². The number of hydrogen-bond acceptors (Lipinski definition) is 4. The van der Waals surface area contributed by atoms with Crippen molar-refractivity contribution in [3.8, 4) is 0 Å². The van der Waals surface area contributed by atoms with Crippen molar-refractivity contribution in [2.75, 3.05) is 32.7 Å². The van der Waals surface area contributed by atoms with Crippen molar-refractivity contribution >= 4 is 11.6 Å². The van der Waals surface area contributed by atoms with E-state index in [1.807, 2.05) is 0 Å². The molecule has 76 valence electrons. The van der Waals surface area contributed by atoms with Crippen LogP contribution in [-0.4, -0.2) is 57.7 Å². The molecule has 3 fully saturated rings. The molecule has 0 aliphatic carbocycles. The van der Waals surface area contributed by atoms with Crippen LogP contribution in [0.15, 0.2) is 0 Å². The zero-order valence-corrected chi connectivity index (χ0v) is 8.54. The quantitative estimate of drug-likeness (QED) is 0.721. The summed E-state index contributed by atoms with van der Waals surface area (Å²) < 4.78 is 0. The Labute approximate surface area is 87.0 Å². The molecule has 14 heavy (non-hydrogen) atoms. The molecule has 1 aromatic heterocycles. The minimum atomic E-state index is 0.317. The van der Waals surface area contributed by atoms with E-state index in [4.69, 9.17) is 11.6 Å². The van der Waals surface area contributed by atoms with Crippen molar-refractivity contribution in [3.05, 3.63) is 11.1 Å². The fourth-order valence-electron chi connectivity index (χ4n) is 2.28. The van der Waals surface area contributed by atoms with E-state index in [0.29, 0.717) is 11.3 Å². The molecule has 6 heteroatoms. The van der Waals surface area contributed by atoms with Gasteiger partial charge in [-0.3, -0.25) is 14.9 Å². The summed E-state index contributed by atoms with van der Waals surface area (Å²) in [7, 11) is 0. The molecule has 3 saturated heterocycles. The first-order valence-electron chi connectivity index (χ1n) is 4.87. The number of H-pyrrole nitrogens is 1. The van der Waals surface area contributed by atoms with Gasteiger partial charge in [0, 0.05) is 32.7 Å². The molecule has 2 bridgehead atoms. The van der Waals surface area contributed by atoms with Crippen LogP contribution in [0.1, 0.15) is 11.9 Å². The summed E-state index contributed by atoms with van der Waals surface area (Å²) in [4.78, 5) is 9.08. The molecular weight excluding hydrogens is 202 g/mol. The summed E-state index contributed by atoms with van der Waals surface area (Å²) in [5.41, 5.74) is 0. The Balaban J connectivity index is 1.85. The third-order valence-corrected chi connectivity index (χ3v) is 3.24. The average molecular weight is 214 g/mol. The van der Waals surface area contributed by atoms with Crippen LogP contribution < -0.4 is 0 Å². The molecule has 3 aliphatic heterocycles. The Morgan fingerprint density at radius 1 is 1.29 bits per heavy atom. The van der Waals surface area contributed by atoms with Crippen LogP contribution in [0, 0.1) is 0 Å². The Bertz CT molecular complexity index is 330. The first-order chi connectivity index (χ1) is 6.83. The third-order valence-electron chi connectivity index (χ3n) is 3.07. The molecule has 1 N–H and O–H groups in total. The van der Waals surface area contributed by atoms with Crippen molar-refractivity contribution in [2.45, 2.75) is 6.04 Å². The van der Waals surface area contributed by atoms with Gasteiger partial charge in [-0.1, -0.05) is 0 Å². The Morgan fingerprint density at radius 2 is 2.07 bits per heavy atom. The minimum absolute atomic E-state index is 0.317. The standard InChI is InChI=1S/C8H12ClN5/c9-8-10-7(11-12-8)6-5-13-1-3-14(6)4-2-13/h6H,1-5H2,(H,10,11,12). The molecule has 0 aromatic carbocycles. The topological polar surface area (TPSA) is 48.1 Å². The number of piperazine rings is 3. The highest BCUT2D eigenvalue weighted by Gasteiger charge is 2.34. The first-order valence-corrected chi connectivity index (χ1v) is 5.25. The van der Waals surface area contributed by atoms with E-state index in [9.17, 15) is 0 Å². The number of rotatable bonds is 1. The number of fused-ring (bicyclic) bond motifs is 3. The summed E-state index contributed by atoms with van der Waals surface area (Å²) in [6.45, 7) is 5.66. The summed E-state index contributed by atoms with van der Waals surface area (Å²) in [6.07, 6.45) is 0. The van der Waals surface area contributed by atoms with Crippen LogP contribution in [0.25, 0.3) is 0 Å². The van der Waals surface area contributed by atoms with Crippen LogP contribution in [0.2, 0.25) is 5.28 Å². The largest absolute Gasteiger partial charge is 0.299 e. The Hall–Kier alpha value is -0.650. The van der Waals surface area contributed by atoms with Crippen LogP contribution in [0.3, 0.4) is 0 Å². The monoisotopic (exact) mass is 213 g/mol. The second-order valence-corrected chi connectivity index (χ2v) is 4.18. The van der Waals surface area contributed by atoms with Crippen LogP contribution in [-0.2, 0) is 0 Å². The van der Waals surface area contributed by atoms with E-state index in [2.05, 4.69) is 25.0 Å². The summed E-state index contributed by atoms with van der Waals surface area (Å²) >= 11 is 5.70. The van der Waals surface area contributed by atoms with Crippen LogP contribution in [0.4, 0.5) is 0 Å². The van der Waals surface area contributed by atoms with Gasteiger partial charge in [0.15, 0.2) is 0 Å². The highest BCUT2D eigenvalue weighted by atomic mass is 35.5. The van der Waals surface area contributed by atoms with Crippen molar-refractivity contribution in [3.63, 3.8) is 0 Å². The number of halogens is 1. The zero-order chi connectivity index (χ0) is 9.54. The van der Waals surface area contributed by atoms with E-state index >= 15 is 0 Å². The van der Waals surface area contributed by atoms with Gasteiger partial charge in [0.1, 0.15) is 5.82 Å². The maximum atomic E-state index is 5.70.